The fraction of sp³-hybridized carbons (Fsp3) is 0.600. The molecule has 0 radical (unpaired) electrons. The van der Waals surface area contributed by atoms with E-state index in [0.29, 0.717) is 0 Å². The van der Waals surface area contributed by atoms with Crippen LogP contribution in [0.1, 0.15) is 46.6 Å². The molecule has 3 unspecified atom stereocenters. The first-order valence-corrected chi connectivity index (χ1v) is 9.12. The van der Waals surface area contributed by atoms with E-state index in [1.54, 1.807) is 11.9 Å². The van der Waals surface area contributed by atoms with E-state index in [1.807, 2.05) is 45.9 Å². The molecule has 1 saturated heterocycles. The summed E-state index contributed by atoms with van der Waals surface area (Å²) in [5.74, 6) is -0.907. The van der Waals surface area contributed by atoms with Crippen LogP contribution in [0.15, 0.2) is 22.7 Å². The van der Waals surface area contributed by atoms with E-state index >= 15 is 0 Å². The largest absolute Gasteiger partial charge is 0.372 e. The maximum Gasteiger partial charge on any atom is 0.230 e. The molecule has 0 bridgehead atoms. The second kappa shape index (κ2) is 8.45. The van der Waals surface area contributed by atoms with Crippen molar-refractivity contribution >= 4 is 33.8 Å². The van der Waals surface area contributed by atoms with Crippen molar-refractivity contribution in [2.45, 2.75) is 59.7 Å². The quantitative estimate of drug-likeness (QED) is 0.655. The predicted molar refractivity (Wildman–Crippen MR) is 106 cm³/mol. The lowest BCUT2D eigenvalue weighted by atomic mass is 9.87. The van der Waals surface area contributed by atoms with Gasteiger partial charge in [0.25, 0.3) is 0 Å². The molecule has 0 N–H and O–H groups in total. The molecule has 1 aliphatic rings. The zero-order valence-corrected chi connectivity index (χ0v) is 16.6. The van der Waals surface area contributed by atoms with Crippen LogP contribution >= 0.6 is 15.9 Å². The molecule has 0 spiro atoms. The first-order chi connectivity index (χ1) is 11.2. The number of hydrogen-bond donors (Lipinski definition) is 0. The second-order valence-corrected chi connectivity index (χ2v) is 8.14. The van der Waals surface area contributed by atoms with E-state index in [0.717, 1.165) is 34.9 Å². The van der Waals surface area contributed by atoms with Crippen molar-refractivity contribution in [2.75, 3.05) is 11.9 Å². The Morgan fingerprint density at radius 1 is 1.44 bits per heavy atom. The van der Waals surface area contributed by atoms with Gasteiger partial charge in [0.15, 0.2) is 0 Å². The molecule has 1 fully saturated rings. The summed E-state index contributed by atoms with van der Waals surface area (Å²) in [5, 5.41) is 0. The fourth-order valence-corrected chi connectivity index (χ4v) is 3.50. The van der Waals surface area contributed by atoms with Crippen molar-refractivity contribution in [3.05, 3.63) is 28.2 Å². The van der Waals surface area contributed by atoms with E-state index in [4.69, 9.17) is 4.74 Å². The molecule has 1 aliphatic heterocycles. The molecule has 1 aromatic carbocycles. The minimum atomic E-state index is -0.421. The number of ether oxygens (including phenoxy) is 1. The van der Waals surface area contributed by atoms with Crippen LogP contribution in [0.3, 0.4) is 0 Å². The highest BCUT2D eigenvalue weighted by atomic mass is 79.9. The van der Waals surface area contributed by atoms with Crippen LogP contribution in [0.25, 0.3) is 0 Å². The van der Waals surface area contributed by atoms with Crippen LogP contribution in [0, 0.1) is 18.8 Å². The maximum atomic E-state index is 12.9. The first-order valence-electron chi connectivity index (χ1n) is 8.33. The van der Waals surface area contributed by atoms with Gasteiger partial charge in [0.1, 0.15) is 6.29 Å². The van der Waals surface area contributed by atoms with Gasteiger partial charge in [-0.25, -0.2) is 0 Å². The summed E-state index contributed by atoms with van der Waals surface area (Å²) in [5.41, 5.74) is 1.67. The molecule has 2 rings (SSSR count). The maximum absolute atomic E-state index is 12.9. The van der Waals surface area contributed by atoms with Gasteiger partial charge in [-0.3, -0.25) is 4.79 Å². The van der Waals surface area contributed by atoms with Gasteiger partial charge in [0.05, 0.1) is 17.6 Å². The smallest absolute Gasteiger partial charge is 0.230 e. The summed E-state index contributed by atoms with van der Waals surface area (Å²) in [6.45, 7) is 7.85. The molecule has 1 aromatic rings. The molecule has 4 nitrogen and oxygen atoms in total. The van der Waals surface area contributed by atoms with Crippen LogP contribution in [-0.4, -0.2) is 30.9 Å². The Balaban J connectivity index is 0.00000312. The highest BCUT2D eigenvalue weighted by molar-refractivity contribution is 9.10. The van der Waals surface area contributed by atoms with Crippen LogP contribution in [0.2, 0.25) is 0 Å². The Morgan fingerprint density at radius 2 is 2.08 bits per heavy atom. The van der Waals surface area contributed by atoms with Gasteiger partial charge in [0, 0.05) is 23.1 Å². The summed E-state index contributed by atoms with van der Waals surface area (Å²) in [7, 11) is 1.75. The molecule has 0 aromatic heterocycles. The average molecular weight is 412 g/mol. The molecule has 0 saturated carbocycles. The highest BCUT2D eigenvalue weighted by Crippen LogP contribution is 2.35. The van der Waals surface area contributed by atoms with E-state index in [2.05, 4.69) is 15.9 Å². The van der Waals surface area contributed by atoms with E-state index < -0.39 is 11.8 Å². The number of aryl methyl sites for hydroxylation is 1. The minimum Gasteiger partial charge on any atom is -0.372 e. The first kappa shape index (κ1) is 21.8. The van der Waals surface area contributed by atoms with Gasteiger partial charge in [-0.15, -0.1) is 0 Å². The Kier molecular flexibility index (Phi) is 7.39. The Labute approximate surface area is 160 Å². The minimum absolute atomic E-state index is 0. The van der Waals surface area contributed by atoms with Crippen molar-refractivity contribution in [1.29, 1.82) is 0 Å². The Bertz CT molecular complexity index is 629. The van der Waals surface area contributed by atoms with E-state index in [9.17, 15) is 9.59 Å². The average Bonchev–Trinajstić information content (AvgIpc) is 2.89. The number of nitrogens with zero attached hydrogens (tertiary/aromatic N) is 1. The molecular formula is C20H30BrNO3. The van der Waals surface area contributed by atoms with Gasteiger partial charge < -0.3 is 14.4 Å². The second-order valence-electron chi connectivity index (χ2n) is 7.29. The lowest BCUT2D eigenvalue weighted by Crippen LogP contribution is -2.40. The van der Waals surface area contributed by atoms with Crippen molar-refractivity contribution in [3.63, 3.8) is 0 Å². The zero-order valence-electron chi connectivity index (χ0n) is 15.0. The van der Waals surface area contributed by atoms with E-state index in [1.165, 1.54) is 0 Å². The summed E-state index contributed by atoms with van der Waals surface area (Å²) in [4.78, 5) is 26.1. The van der Waals surface area contributed by atoms with Crippen LogP contribution in [0.4, 0.5) is 5.69 Å². The third kappa shape index (κ3) is 4.91. The Hall–Kier alpha value is -1.20. The lowest BCUT2D eigenvalue weighted by Gasteiger charge is -2.29. The molecule has 5 heteroatoms. The number of amides is 1. The third-order valence-electron chi connectivity index (χ3n) is 4.91. The van der Waals surface area contributed by atoms with Crippen molar-refractivity contribution in [3.8, 4) is 0 Å². The number of rotatable bonds is 5. The summed E-state index contributed by atoms with van der Waals surface area (Å²) in [6.07, 6.45) is 2.42. The highest BCUT2D eigenvalue weighted by Gasteiger charge is 2.40. The van der Waals surface area contributed by atoms with Crippen LogP contribution in [0.5, 0.6) is 0 Å². The van der Waals surface area contributed by atoms with Crippen LogP contribution in [-0.2, 0) is 14.3 Å². The zero-order chi connectivity index (χ0) is 18.1. The van der Waals surface area contributed by atoms with Gasteiger partial charge in [-0.1, -0.05) is 30.3 Å². The standard InChI is InChI=1S/C19H26BrNO3.CH4/c1-12-10-14(6-7-16(12)20)21(5)18(23)13(2)15(11-22)17-8-9-19(3,4)24-17;/h6-7,10-11,13,15,17H,8-9H2,1-5H3;1H4. The van der Waals surface area contributed by atoms with Gasteiger partial charge in [0.2, 0.25) is 5.91 Å². The fourth-order valence-electron chi connectivity index (χ4n) is 3.25. The van der Waals surface area contributed by atoms with Crippen molar-refractivity contribution in [2.24, 2.45) is 11.8 Å². The third-order valence-corrected chi connectivity index (χ3v) is 5.80. The number of carbonyl (C=O) groups is 2. The number of anilines is 1. The van der Waals surface area contributed by atoms with Crippen molar-refractivity contribution < 1.29 is 14.3 Å². The normalized spacial score (nSPS) is 21.1. The predicted octanol–water partition coefficient (Wildman–Crippen LogP) is 4.77. The number of carbonyl (C=O) groups excluding carboxylic acids is 2. The number of benzene rings is 1. The monoisotopic (exact) mass is 411 g/mol. The molecule has 3 atom stereocenters. The van der Waals surface area contributed by atoms with Gasteiger partial charge >= 0.3 is 0 Å². The number of hydrogen-bond acceptors (Lipinski definition) is 3. The van der Waals surface area contributed by atoms with Gasteiger partial charge in [-0.2, -0.15) is 0 Å². The summed E-state index contributed by atoms with van der Waals surface area (Å²) < 4.78 is 6.99. The molecule has 1 amide bonds. The molecule has 1 heterocycles. The van der Waals surface area contributed by atoms with Gasteiger partial charge in [-0.05, 0) is 57.4 Å². The number of halogens is 1. The summed E-state index contributed by atoms with van der Waals surface area (Å²) in [6, 6.07) is 5.78. The van der Waals surface area contributed by atoms with E-state index in [-0.39, 0.29) is 25.0 Å². The molecule has 140 valence electrons. The Morgan fingerprint density at radius 3 is 2.56 bits per heavy atom. The topological polar surface area (TPSA) is 46.6 Å². The summed E-state index contributed by atoms with van der Waals surface area (Å²) >= 11 is 3.47. The van der Waals surface area contributed by atoms with Crippen molar-refractivity contribution in [1.82, 2.24) is 0 Å². The molecule has 0 aliphatic carbocycles. The van der Waals surface area contributed by atoms with Crippen LogP contribution < -0.4 is 4.90 Å². The lowest BCUT2D eigenvalue weighted by molar-refractivity contribution is -0.132. The SMILES string of the molecule is C.Cc1cc(N(C)C(=O)C(C)C(C=O)C2CCC(C)(C)O2)ccc1Br. The molecule has 25 heavy (non-hydrogen) atoms. The number of aldehydes is 1. The molecular weight excluding hydrogens is 382 g/mol.